The number of nitrogens with zero attached hydrogens (tertiary/aromatic N) is 1. The second kappa shape index (κ2) is 20.9. The molecule has 1 aliphatic heterocycles. The fourth-order valence-corrected chi connectivity index (χ4v) is 6.22. The summed E-state index contributed by atoms with van der Waals surface area (Å²) in [7, 11) is 0. The normalized spacial score (nSPS) is 20.3. The van der Waals surface area contributed by atoms with Crippen molar-refractivity contribution < 1.29 is 19.4 Å². The first kappa shape index (κ1) is 39.1. The van der Waals surface area contributed by atoms with E-state index in [1.807, 2.05) is 42.5 Å². The van der Waals surface area contributed by atoms with Gasteiger partial charge in [0.15, 0.2) is 6.29 Å². The first-order valence-corrected chi connectivity index (χ1v) is 18.5. The highest BCUT2D eigenvalue weighted by Crippen LogP contribution is 2.42. The lowest BCUT2D eigenvalue weighted by Crippen LogP contribution is -2.45. The Hall–Kier alpha value is -1.38. The molecule has 1 aliphatic rings. The van der Waals surface area contributed by atoms with Crippen LogP contribution in [0.15, 0.2) is 48.5 Å². The van der Waals surface area contributed by atoms with Gasteiger partial charge in [0.1, 0.15) is 0 Å². The Morgan fingerprint density at radius 1 is 0.826 bits per heavy atom. The molecule has 0 aliphatic carbocycles. The Kier molecular flexibility index (Phi) is 17.7. The van der Waals surface area contributed by atoms with Crippen molar-refractivity contribution in [1.29, 1.82) is 0 Å². The maximum Gasteiger partial charge on any atom is 0.276 e. The molecule has 2 N–H and O–H groups in total. The average Bonchev–Trinajstić information content (AvgIpc) is 3.04. The monoisotopic (exact) mass is 696 g/mol. The van der Waals surface area contributed by atoms with Crippen molar-refractivity contribution in [2.45, 2.75) is 127 Å². The molecule has 0 saturated carbocycles. The Morgan fingerprint density at radius 3 is 1.98 bits per heavy atom. The summed E-state index contributed by atoms with van der Waals surface area (Å²) in [5, 5.41) is 12.3. The zero-order valence-electron chi connectivity index (χ0n) is 28.0. The highest BCUT2D eigenvalue weighted by atomic mass is 35.6. The topological polar surface area (TPSA) is 71.0 Å². The molecule has 4 atom stereocenters. The highest BCUT2D eigenvalue weighted by Gasteiger charge is 2.39. The van der Waals surface area contributed by atoms with E-state index < -0.39 is 16.0 Å². The van der Waals surface area contributed by atoms with Gasteiger partial charge in [0, 0.05) is 23.7 Å². The zero-order valence-corrected chi connectivity index (χ0v) is 30.3. The molecule has 0 bridgehead atoms. The molecule has 1 saturated heterocycles. The number of benzene rings is 2. The second-order valence-corrected chi connectivity index (χ2v) is 15.0. The number of hydrogen-bond acceptors (Lipinski definition) is 5. The smallest absolute Gasteiger partial charge is 0.276 e. The van der Waals surface area contributed by atoms with E-state index >= 15 is 0 Å². The maximum absolute atomic E-state index is 12.4. The summed E-state index contributed by atoms with van der Waals surface area (Å²) in [6.07, 6.45) is 14.3. The van der Waals surface area contributed by atoms with E-state index in [-0.39, 0.29) is 24.7 Å². The number of anilines is 1. The van der Waals surface area contributed by atoms with Crippen LogP contribution in [0.25, 0.3) is 0 Å². The molecule has 258 valence electrons. The standard InChI is InChI=1S/C37H55Cl3N2O4/c1-4-6-8-10-12-14-23-42(24-15-13-11-9-7-5-2)26-33-28(3)34(30-21-19-29(27-43)20-22-30)46-35(45-33)31-17-16-18-32(25-31)41-36(44)37(38,39)40/h16-22,25,28,33-35,43H,4-15,23-24,26-27H2,1-3H3,(H,41,44). The Balaban J connectivity index is 1.81. The third-order valence-electron chi connectivity index (χ3n) is 8.89. The first-order valence-electron chi connectivity index (χ1n) is 17.4. The van der Waals surface area contributed by atoms with Crippen LogP contribution in [0.3, 0.4) is 0 Å². The number of amides is 1. The van der Waals surface area contributed by atoms with Crippen LogP contribution < -0.4 is 5.32 Å². The lowest BCUT2D eigenvalue weighted by atomic mass is 9.90. The van der Waals surface area contributed by atoms with Crippen molar-refractivity contribution in [3.63, 3.8) is 0 Å². The van der Waals surface area contributed by atoms with Crippen LogP contribution in [0.2, 0.25) is 0 Å². The van der Waals surface area contributed by atoms with Gasteiger partial charge >= 0.3 is 0 Å². The summed E-state index contributed by atoms with van der Waals surface area (Å²) in [5.41, 5.74) is 3.17. The molecule has 1 fully saturated rings. The van der Waals surface area contributed by atoms with Gasteiger partial charge in [-0.15, -0.1) is 0 Å². The number of unbranched alkanes of at least 4 members (excludes halogenated alkanes) is 10. The average molecular weight is 698 g/mol. The molecule has 3 rings (SSSR count). The summed E-state index contributed by atoms with van der Waals surface area (Å²) in [4.78, 5) is 15.0. The van der Waals surface area contributed by atoms with E-state index in [4.69, 9.17) is 44.3 Å². The molecule has 2 aromatic rings. The van der Waals surface area contributed by atoms with Gasteiger partial charge in [-0.3, -0.25) is 4.79 Å². The number of alkyl halides is 3. The van der Waals surface area contributed by atoms with Crippen LogP contribution in [-0.4, -0.2) is 45.4 Å². The maximum atomic E-state index is 12.4. The second-order valence-electron chi connectivity index (χ2n) is 12.7. The van der Waals surface area contributed by atoms with Gasteiger partial charge in [-0.05, 0) is 49.2 Å². The lowest BCUT2D eigenvalue weighted by Gasteiger charge is -2.43. The third kappa shape index (κ3) is 13.3. The third-order valence-corrected chi connectivity index (χ3v) is 9.41. The van der Waals surface area contributed by atoms with Crippen molar-refractivity contribution in [2.75, 3.05) is 25.0 Å². The molecule has 0 radical (unpaired) electrons. The number of rotatable bonds is 20. The Labute approximate surface area is 292 Å². The van der Waals surface area contributed by atoms with Crippen LogP contribution in [-0.2, 0) is 20.9 Å². The molecule has 0 aromatic heterocycles. The van der Waals surface area contributed by atoms with Gasteiger partial charge in [0.2, 0.25) is 0 Å². The minimum absolute atomic E-state index is 0.00568. The number of carbonyl (C=O) groups excluding carboxylic acids is 1. The number of carbonyl (C=O) groups is 1. The number of nitrogens with one attached hydrogen (secondary N) is 1. The van der Waals surface area contributed by atoms with Gasteiger partial charge in [-0.1, -0.05) is 156 Å². The molecule has 9 heteroatoms. The van der Waals surface area contributed by atoms with Gasteiger partial charge < -0.3 is 24.8 Å². The highest BCUT2D eigenvalue weighted by molar-refractivity contribution is 6.76. The van der Waals surface area contributed by atoms with E-state index in [2.05, 4.69) is 31.0 Å². The molecule has 4 unspecified atom stereocenters. The van der Waals surface area contributed by atoms with Gasteiger partial charge in [-0.25, -0.2) is 0 Å². The summed E-state index contributed by atoms with van der Waals surface area (Å²) < 4.78 is 11.4. The molecule has 0 spiro atoms. The summed E-state index contributed by atoms with van der Waals surface area (Å²) >= 11 is 17.4. The predicted octanol–water partition coefficient (Wildman–Crippen LogP) is 10.3. The molecule has 46 heavy (non-hydrogen) atoms. The van der Waals surface area contributed by atoms with Crippen molar-refractivity contribution in [3.8, 4) is 0 Å². The molecule has 2 aromatic carbocycles. The van der Waals surface area contributed by atoms with Crippen LogP contribution in [0.4, 0.5) is 5.69 Å². The number of ether oxygens (including phenoxy) is 2. The summed E-state index contributed by atoms with van der Waals surface area (Å²) in [5.74, 6) is -0.645. The number of aliphatic hydroxyl groups is 1. The van der Waals surface area contributed by atoms with Crippen molar-refractivity contribution >= 4 is 46.4 Å². The van der Waals surface area contributed by atoms with E-state index in [0.717, 1.165) is 36.3 Å². The number of hydrogen-bond donors (Lipinski definition) is 2. The molecular weight excluding hydrogens is 643 g/mol. The van der Waals surface area contributed by atoms with E-state index in [1.165, 1.54) is 77.0 Å². The van der Waals surface area contributed by atoms with Crippen molar-refractivity contribution in [3.05, 3.63) is 65.2 Å². The fourth-order valence-electron chi connectivity index (χ4n) is 6.07. The van der Waals surface area contributed by atoms with Crippen LogP contribution in [0, 0.1) is 5.92 Å². The zero-order chi connectivity index (χ0) is 33.4. The van der Waals surface area contributed by atoms with Crippen molar-refractivity contribution in [2.24, 2.45) is 5.92 Å². The molecule has 1 heterocycles. The van der Waals surface area contributed by atoms with Gasteiger partial charge in [-0.2, -0.15) is 0 Å². The number of halogens is 3. The van der Waals surface area contributed by atoms with E-state index in [0.29, 0.717) is 5.69 Å². The lowest BCUT2D eigenvalue weighted by molar-refractivity contribution is -0.276. The quantitative estimate of drug-likeness (QED) is 0.106. The van der Waals surface area contributed by atoms with Crippen LogP contribution in [0.5, 0.6) is 0 Å². The minimum Gasteiger partial charge on any atom is -0.392 e. The summed E-state index contributed by atoms with van der Waals surface area (Å²) in [6.45, 7) is 9.66. The molecule has 6 nitrogen and oxygen atoms in total. The Bertz CT molecular complexity index is 1130. The van der Waals surface area contributed by atoms with Crippen LogP contribution in [0.1, 0.15) is 127 Å². The summed E-state index contributed by atoms with van der Waals surface area (Å²) in [6, 6.07) is 15.3. The van der Waals surface area contributed by atoms with E-state index in [9.17, 15) is 9.90 Å². The molecular formula is C37H55Cl3N2O4. The van der Waals surface area contributed by atoms with Crippen molar-refractivity contribution in [1.82, 2.24) is 4.90 Å². The SMILES string of the molecule is CCCCCCCCN(CCCCCCCC)CC1OC(c2cccc(NC(=O)C(Cl)(Cl)Cl)c2)OC(c2ccc(CO)cc2)C1C. The number of aliphatic hydroxyl groups excluding tert-OH is 1. The molecule has 1 amide bonds. The van der Waals surface area contributed by atoms with Crippen LogP contribution >= 0.6 is 34.8 Å². The minimum atomic E-state index is -2.07. The fraction of sp³-hybridized carbons (Fsp3) is 0.649. The first-order chi connectivity index (χ1) is 22.2. The largest absolute Gasteiger partial charge is 0.392 e. The van der Waals surface area contributed by atoms with E-state index in [1.54, 1.807) is 6.07 Å². The van der Waals surface area contributed by atoms with Gasteiger partial charge in [0.05, 0.1) is 18.8 Å². The Morgan fingerprint density at radius 2 is 1.41 bits per heavy atom. The predicted molar refractivity (Wildman–Crippen MR) is 192 cm³/mol. The van der Waals surface area contributed by atoms with Gasteiger partial charge in [0.25, 0.3) is 9.70 Å².